The molecule has 0 saturated heterocycles. The molecule has 0 aliphatic carbocycles. The van der Waals surface area contributed by atoms with Crippen LogP contribution in [0.1, 0.15) is 0 Å². The second-order valence-electron chi connectivity index (χ2n) is 0. The van der Waals surface area contributed by atoms with E-state index in [0.29, 0.717) is 0 Å². The third kappa shape index (κ3) is 85.0. The fourth-order valence-electron chi connectivity index (χ4n) is 0. The summed E-state index contributed by atoms with van der Waals surface area (Å²) in [4.78, 5) is 0. The van der Waals surface area contributed by atoms with Gasteiger partial charge in [0.2, 0.25) is 0 Å². The minimum atomic E-state index is 0. The van der Waals surface area contributed by atoms with Gasteiger partial charge in [0.25, 0.3) is 0 Å². The van der Waals surface area contributed by atoms with Crippen LogP contribution in [0, 0.1) is 40.4 Å². The zero-order valence-electron chi connectivity index (χ0n) is 3.87. The van der Waals surface area contributed by atoms with Crippen LogP contribution in [0.25, 0.3) is 0 Å². The van der Waals surface area contributed by atoms with Gasteiger partial charge in [0.15, 0.2) is 0 Å². The van der Waals surface area contributed by atoms with Gasteiger partial charge in [-0.2, -0.15) is 0 Å². The van der Waals surface area contributed by atoms with Crippen LogP contribution < -0.4 is 0 Å². The van der Waals surface area contributed by atoms with Crippen LogP contribution in [0.4, 0.5) is 0 Å². The van der Waals surface area contributed by atoms with Gasteiger partial charge in [-0.3, -0.25) is 0 Å². The summed E-state index contributed by atoms with van der Waals surface area (Å²) in [5.74, 6) is 0. The van der Waals surface area contributed by atoms with E-state index in [1.807, 2.05) is 0 Å². The first-order chi connectivity index (χ1) is 0. The fourth-order valence-corrected chi connectivity index (χ4v) is 0. The summed E-state index contributed by atoms with van der Waals surface area (Å²) in [5.41, 5.74) is 0. The van der Waals surface area contributed by atoms with Gasteiger partial charge in [0.1, 0.15) is 0 Å². The molecule has 7 heavy (non-hydrogen) atoms. The summed E-state index contributed by atoms with van der Waals surface area (Å²) in [6.45, 7) is 0. The minimum absolute atomic E-state index is 0. The standard InChI is InChI=1S/6B.Sm. The second-order valence-corrected chi connectivity index (χ2v) is 0. The van der Waals surface area contributed by atoms with E-state index in [9.17, 15) is 0 Å². The number of hydrogen-bond acceptors (Lipinski definition) is 0. The molecule has 7 heteroatoms. The van der Waals surface area contributed by atoms with Crippen LogP contribution in [0.15, 0.2) is 0 Å². The summed E-state index contributed by atoms with van der Waals surface area (Å²) < 4.78 is 0. The summed E-state index contributed by atoms with van der Waals surface area (Å²) >= 11 is 0. The van der Waals surface area contributed by atoms with Crippen LogP contribution in [0.5, 0.6) is 0 Å². The fraction of sp³-hybridized carbons (Fsp3) is 0. The Kier molecular flexibility index (Phi) is 2920. The molecular formula is B6Sm. The summed E-state index contributed by atoms with van der Waals surface area (Å²) in [6, 6.07) is 0. The van der Waals surface area contributed by atoms with E-state index in [4.69, 9.17) is 0 Å². The molecule has 0 spiro atoms. The molecule has 0 heterocycles. The second kappa shape index (κ2) is 117. The molecule has 0 N–H and O–H groups in total. The van der Waals surface area contributed by atoms with Gasteiger partial charge < -0.3 is 0 Å². The molecule has 0 nitrogen and oxygen atoms in total. The van der Waals surface area contributed by atoms with Crippen LogP contribution in [0.3, 0.4) is 0 Å². The smallest absolute Gasteiger partial charge is 0 e. The van der Waals surface area contributed by atoms with Crippen molar-refractivity contribution in [1.29, 1.82) is 0 Å². The first-order valence-electron chi connectivity index (χ1n) is 0. The predicted molar refractivity (Wildman–Crippen MR) is 34.5 cm³/mol. The first-order valence-corrected chi connectivity index (χ1v) is 0. The molecule has 0 aromatic carbocycles. The molecule has 0 aromatic heterocycles. The van der Waals surface area contributed by atoms with Crippen molar-refractivity contribution in [3.05, 3.63) is 0 Å². The van der Waals surface area contributed by atoms with Crippen molar-refractivity contribution in [3.8, 4) is 0 Å². The Morgan fingerprint density at radius 2 is 0.286 bits per heavy atom. The summed E-state index contributed by atoms with van der Waals surface area (Å²) in [7, 11) is 0. The van der Waals surface area contributed by atoms with E-state index in [0.717, 1.165) is 0 Å². The predicted octanol–water partition coefficient (Wildman–Crippen LogP) is -2.28. The molecule has 0 aliphatic rings. The van der Waals surface area contributed by atoms with Crippen molar-refractivity contribution >= 4 is 50.5 Å². The topological polar surface area (TPSA) is 0 Å². The molecule has 24 valence electrons. The Morgan fingerprint density at radius 1 is 0.286 bits per heavy atom. The zero-order valence-corrected chi connectivity index (χ0v) is 6.49. The third-order valence-corrected chi connectivity index (χ3v) is 0. The molecule has 0 amide bonds. The normalized spacial score (nSPS) is 0. The maximum atomic E-state index is 0. The van der Waals surface area contributed by atoms with Crippen molar-refractivity contribution < 1.29 is 40.4 Å². The van der Waals surface area contributed by atoms with Gasteiger partial charge >= 0.3 is 0 Å². The number of rotatable bonds is 0. The van der Waals surface area contributed by atoms with E-state index < -0.39 is 0 Å². The Morgan fingerprint density at radius 3 is 0.286 bits per heavy atom. The number of hydrogen-bond donors (Lipinski definition) is 0. The maximum Gasteiger partial charge on any atom is 0 e. The first kappa shape index (κ1) is 175. The molecule has 18 radical (unpaired) electrons. The molecule has 0 saturated carbocycles. The quantitative estimate of drug-likeness (QED) is 0.399. The van der Waals surface area contributed by atoms with Crippen molar-refractivity contribution in [2.24, 2.45) is 0 Å². The minimum Gasteiger partial charge on any atom is 0 e. The van der Waals surface area contributed by atoms with Crippen molar-refractivity contribution in [3.63, 3.8) is 0 Å². The summed E-state index contributed by atoms with van der Waals surface area (Å²) in [5, 5.41) is 0. The van der Waals surface area contributed by atoms with Gasteiger partial charge in [-0.05, 0) is 0 Å². The van der Waals surface area contributed by atoms with E-state index in [1.54, 1.807) is 0 Å². The van der Waals surface area contributed by atoms with Crippen molar-refractivity contribution in [2.45, 2.75) is 0 Å². The Hall–Kier alpha value is 1.73. The van der Waals surface area contributed by atoms with Gasteiger partial charge in [-0.25, -0.2) is 0 Å². The van der Waals surface area contributed by atoms with E-state index >= 15 is 0 Å². The van der Waals surface area contributed by atoms with Gasteiger partial charge in [0.05, 0.1) is 0 Å². The Bertz CT molecular complexity index is 4.14. The average molecular weight is 215 g/mol. The van der Waals surface area contributed by atoms with Gasteiger partial charge in [0, 0.05) is 90.9 Å². The van der Waals surface area contributed by atoms with Crippen LogP contribution in [0.2, 0.25) is 0 Å². The van der Waals surface area contributed by atoms with E-state index in [-0.39, 0.29) is 90.9 Å². The molecule has 0 rings (SSSR count). The van der Waals surface area contributed by atoms with Crippen molar-refractivity contribution in [2.75, 3.05) is 0 Å². The zero-order chi connectivity index (χ0) is 0. The molecule has 0 unspecified atom stereocenters. The molecule has 0 atom stereocenters. The monoisotopic (exact) mass is 218 g/mol. The Labute approximate surface area is 89.9 Å². The van der Waals surface area contributed by atoms with Crippen LogP contribution in [-0.2, 0) is 0 Å². The molecule has 0 aliphatic heterocycles. The average Bonchev–Trinajstić information content (AvgIpc) is 0. The summed E-state index contributed by atoms with van der Waals surface area (Å²) in [6.07, 6.45) is 0. The van der Waals surface area contributed by atoms with E-state index in [1.165, 1.54) is 0 Å². The van der Waals surface area contributed by atoms with Gasteiger partial charge in [-0.15, -0.1) is 0 Å². The van der Waals surface area contributed by atoms with Crippen LogP contribution >= 0.6 is 0 Å². The maximum absolute atomic E-state index is 0. The Balaban J connectivity index is 0. The SMILES string of the molecule is [B].[B].[B].[B].[B].[B].[Sm]. The largest absolute Gasteiger partial charge is 0 e. The van der Waals surface area contributed by atoms with Crippen LogP contribution in [-0.4, -0.2) is 50.5 Å². The van der Waals surface area contributed by atoms with Crippen molar-refractivity contribution in [1.82, 2.24) is 0 Å². The molecule has 0 bridgehead atoms. The van der Waals surface area contributed by atoms with E-state index in [2.05, 4.69) is 0 Å². The molecule has 0 fully saturated rings. The molecule has 0 aromatic rings. The molecular weight excluding hydrogens is 215 g/mol. The van der Waals surface area contributed by atoms with Gasteiger partial charge in [-0.1, -0.05) is 0 Å². The third-order valence-electron chi connectivity index (χ3n) is 0.